The van der Waals surface area contributed by atoms with Crippen LogP contribution in [0.25, 0.3) is 0 Å². The maximum absolute atomic E-state index is 12.8. The average molecular weight is 303 g/mol. The molecule has 22 heavy (non-hydrogen) atoms. The fraction of sp³-hybridized carbons (Fsp3) is 0.316. The van der Waals surface area contributed by atoms with Crippen molar-refractivity contribution in [3.05, 3.63) is 76.7 Å². The Labute approximate surface area is 129 Å². The van der Waals surface area contributed by atoms with E-state index in [4.69, 9.17) is 0 Å². The lowest BCUT2D eigenvalue weighted by Gasteiger charge is -2.19. The van der Waals surface area contributed by atoms with Gasteiger partial charge in [-0.15, -0.1) is 0 Å². The van der Waals surface area contributed by atoms with Crippen molar-refractivity contribution in [2.45, 2.75) is 38.3 Å². The second kappa shape index (κ2) is 5.15. The van der Waals surface area contributed by atoms with Gasteiger partial charge in [0.15, 0.2) is 0 Å². The zero-order valence-corrected chi connectivity index (χ0v) is 12.7. The number of aryl methyl sites for hydroxylation is 2. The van der Waals surface area contributed by atoms with E-state index in [0.29, 0.717) is 5.56 Å². The number of hydrogen-bond acceptors (Lipinski definition) is 0. The van der Waals surface area contributed by atoms with E-state index in [-0.39, 0.29) is 5.41 Å². The molecular weight excluding hydrogens is 285 g/mol. The summed E-state index contributed by atoms with van der Waals surface area (Å²) < 4.78 is 38.5. The van der Waals surface area contributed by atoms with Gasteiger partial charge in [0.25, 0.3) is 0 Å². The SMILES string of the molecule is Cc1ccc(C2([CH]c3cccc(C(F)(F)F)c3)CC2)c(C)c1. The van der Waals surface area contributed by atoms with E-state index in [1.807, 2.05) is 13.3 Å². The Kier molecular flexibility index (Phi) is 3.54. The van der Waals surface area contributed by atoms with E-state index in [0.717, 1.165) is 18.9 Å². The van der Waals surface area contributed by atoms with Gasteiger partial charge in [0, 0.05) is 11.8 Å². The molecule has 0 aromatic heterocycles. The largest absolute Gasteiger partial charge is 0.416 e. The molecule has 0 heterocycles. The molecule has 3 heteroatoms. The van der Waals surface area contributed by atoms with Crippen LogP contribution in [0, 0.1) is 20.3 Å². The summed E-state index contributed by atoms with van der Waals surface area (Å²) in [5.74, 6) is 0. The summed E-state index contributed by atoms with van der Waals surface area (Å²) in [4.78, 5) is 0. The van der Waals surface area contributed by atoms with Crippen molar-refractivity contribution in [2.24, 2.45) is 0 Å². The van der Waals surface area contributed by atoms with Crippen LogP contribution in [0.15, 0.2) is 42.5 Å². The van der Waals surface area contributed by atoms with Crippen LogP contribution in [-0.4, -0.2) is 0 Å². The molecule has 1 saturated carbocycles. The molecule has 0 spiro atoms. The van der Waals surface area contributed by atoms with Gasteiger partial charge in [-0.3, -0.25) is 0 Å². The van der Waals surface area contributed by atoms with Crippen LogP contribution < -0.4 is 0 Å². The normalized spacial score (nSPS) is 16.6. The van der Waals surface area contributed by atoms with Crippen LogP contribution in [-0.2, 0) is 11.6 Å². The smallest absolute Gasteiger partial charge is 0.166 e. The summed E-state index contributed by atoms with van der Waals surface area (Å²) >= 11 is 0. The molecule has 2 aromatic rings. The van der Waals surface area contributed by atoms with Crippen molar-refractivity contribution < 1.29 is 13.2 Å². The summed E-state index contributed by atoms with van der Waals surface area (Å²) in [6, 6.07) is 11.9. The molecule has 2 aromatic carbocycles. The lowest BCUT2D eigenvalue weighted by atomic mass is 9.85. The van der Waals surface area contributed by atoms with Crippen molar-refractivity contribution in [3.63, 3.8) is 0 Å². The van der Waals surface area contributed by atoms with E-state index in [9.17, 15) is 13.2 Å². The molecule has 0 amide bonds. The van der Waals surface area contributed by atoms with E-state index in [2.05, 4.69) is 25.1 Å². The van der Waals surface area contributed by atoms with Gasteiger partial charge >= 0.3 is 6.18 Å². The lowest BCUT2D eigenvalue weighted by molar-refractivity contribution is -0.137. The van der Waals surface area contributed by atoms with Gasteiger partial charge in [-0.1, -0.05) is 42.0 Å². The summed E-state index contributed by atoms with van der Waals surface area (Å²) in [7, 11) is 0. The fourth-order valence-electron chi connectivity index (χ4n) is 3.12. The summed E-state index contributed by atoms with van der Waals surface area (Å²) in [5.41, 5.74) is 3.61. The van der Waals surface area contributed by atoms with Crippen LogP contribution in [0.1, 0.15) is 40.7 Å². The highest BCUT2D eigenvalue weighted by Gasteiger charge is 2.45. The van der Waals surface area contributed by atoms with Gasteiger partial charge in [-0.05, 0) is 49.4 Å². The van der Waals surface area contributed by atoms with Gasteiger partial charge < -0.3 is 0 Å². The van der Waals surface area contributed by atoms with Crippen LogP contribution in [0.5, 0.6) is 0 Å². The molecular formula is C19H18F3. The number of halogens is 3. The molecule has 1 radical (unpaired) electrons. The Hall–Kier alpha value is -1.77. The third-order valence-corrected chi connectivity index (χ3v) is 4.36. The van der Waals surface area contributed by atoms with Crippen LogP contribution in [0.4, 0.5) is 13.2 Å². The molecule has 1 aliphatic rings. The van der Waals surface area contributed by atoms with E-state index < -0.39 is 11.7 Å². The Morgan fingerprint density at radius 3 is 2.32 bits per heavy atom. The van der Waals surface area contributed by atoms with Crippen molar-refractivity contribution >= 4 is 0 Å². The average Bonchev–Trinajstić information content (AvgIpc) is 3.18. The van der Waals surface area contributed by atoms with Crippen molar-refractivity contribution in [1.82, 2.24) is 0 Å². The van der Waals surface area contributed by atoms with Gasteiger partial charge in [-0.2, -0.15) is 13.2 Å². The van der Waals surface area contributed by atoms with Gasteiger partial charge in [0.05, 0.1) is 5.56 Å². The summed E-state index contributed by atoms with van der Waals surface area (Å²) in [5, 5.41) is 0. The predicted molar refractivity (Wildman–Crippen MR) is 81.7 cm³/mol. The minimum Gasteiger partial charge on any atom is -0.166 e. The topological polar surface area (TPSA) is 0 Å². The zero-order valence-electron chi connectivity index (χ0n) is 12.7. The first kappa shape index (κ1) is 15.1. The third-order valence-electron chi connectivity index (χ3n) is 4.36. The first-order valence-corrected chi connectivity index (χ1v) is 7.41. The lowest BCUT2D eigenvalue weighted by Crippen LogP contribution is -2.11. The quantitative estimate of drug-likeness (QED) is 0.691. The number of benzene rings is 2. The summed E-state index contributed by atoms with van der Waals surface area (Å²) in [6.07, 6.45) is -0.305. The minimum absolute atomic E-state index is 0.0952. The monoisotopic (exact) mass is 303 g/mol. The van der Waals surface area contributed by atoms with E-state index in [1.54, 1.807) is 6.07 Å². The van der Waals surface area contributed by atoms with Gasteiger partial charge in [0.1, 0.15) is 0 Å². The molecule has 0 N–H and O–H groups in total. The second-order valence-corrected chi connectivity index (χ2v) is 6.24. The molecule has 0 aliphatic heterocycles. The molecule has 1 fully saturated rings. The van der Waals surface area contributed by atoms with Crippen molar-refractivity contribution in [2.75, 3.05) is 0 Å². The Balaban J connectivity index is 1.90. The maximum Gasteiger partial charge on any atom is 0.416 e. The molecule has 0 nitrogen and oxygen atoms in total. The number of alkyl halides is 3. The molecule has 0 unspecified atom stereocenters. The molecule has 115 valence electrons. The fourth-order valence-corrected chi connectivity index (χ4v) is 3.12. The van der Waals surface area contributed by atoms with Crippen molar-refractivity contribution in [1.29, 1.82) is 0 Å². The zero-order chi connectivity index (χ0) is 16.0. The molecule has 0 atom stereocenters. The number of hydrogen-bond donors (Lipinski definition) is 0. The first-order valence-electron chi connectivity index (χ1n) is 7.41. The first-order chi connectivity index (χ1) is 10.3. The Morgan fingerprint density at radius 2 is 1.73 bits per heavy atom. The number of rotatable bonds is 3. The second-order valence-electron chi connectivity index (χ2n) is 6.24. The summed E-state index contributed by atoms with van der Waals surface area (Å²) in [6.45, 7) is 4.12. The van der Waals surface area contributed by atoms with E-state index in [1.165, 1.54) is 28.8 Å². The predicted octanol–water partition coefficient (Wildman–Crippen LogP) is 5.61. The maximum atomic E-state index is 12.8. The van der Waals surface area contributed by atoms with Crippen LogP contribution in [0.3, 0.4) is 0 Å². The molecule has 0 saturated heterocycles. The van der Waals surface area contributed by atoms with Gasteiger partial charge in [0.2, 0.25) is 0 Å². The highest BCUT2D eigenvalue weighted by Crippen LogP contribution is 2.53. The minimum atomic E-state index is -4.29. The Morgan fingerprint density at radius 1 is 1.00 bits per heavy atom. The third kappa shape index (κ3) is 2.90. The molecule has 0 bridgehead atoms. The highest BCUT2D eigenvalue weighted by atomic mass is 19.4. The van der Waals surface area contributed by atoms with Crippen LogP contribution >= 0.6 is 0 Å². The van der Waals surface area contributed by atoms with Crippen molar-refractivity contribution in [3.8, 4) is 0 Å². The Bertz CT molecular complexity index is 694. The van der Waals surface area contributed by atoms with Crippen LogP contribution in [0.2, 0.25) is 0 Å². The van der Waals surface area contributed by atoms with Gasteiger partial charge in [-0.25, -0.2) is 0 Å². The standard InChI is InChI=1S/C19H18F3/c1-13-6-7-17(14(2)10-13)18(8-9-18)12-15-4-3-5-16(11-15)19(20,21)22/h3-7,10-12H,8-9H2,1-2H3. The van der Waals surface area contributed by atoms with E-state index >= 15 is 0 Å². The molecule has 1 aliphatic carbocycles. The highest BCUT2D eigenvalue weighted by molar-refractivity contribution is 5.47. The molecule has 3 rings (SSSR count).